The normalized spacial score (nSPS) is 15.1. The number of hydrogen-bond donors (Lipinski definition) is 1. The highest BCUT2D eigenvalue weighted by Crippen LogP contribution is 2.45. The largest absolute Gasteiger partial charge is 0.507 e. The highest BCUT2D eigenvalue weighted by Gasteiger charge is 2.48. The number of benzene rings is 6. The molecule has 10 heteroatoms. The van der Waals surface area contributed by atoms with Gasteiger partial charge >= 0.3 is 5.91 Å². The van der Waals surface area contributed by atoms with Crippen LogP contribution in [0.4, 0.5) is 5.13 Å². The van der Waals surface area contributed by atoms with E-state index < -0.39 is 17.7 Å². The number of Topliss-reactive ketones (excluding diaryl/α,β-unsaturated/α-hetero) is 1. The number of para-hydroxylation sites is 1. The monoisotopic (exact) mass is 747 g/mol. The molecule has 1 aliphatic heterocycles. The van der Waals surface area contributed by atoms with Crippen LogP contribution in [-0.4, -0.2) is 27.0 Å². The van der Waals surface area contributed by atoms with Crippen LogP contribution in [0.2, 0.25) is 0 Å². The SMILES string of the molecule is Cc1cccc(COc2ccc(C(O)=C3C(=O)C(=O)N(c4nnc(SCc5cccc6ccccc56)s4)C3c3cccc(Oc4ccccc4)c3)cc2)c1. The zero-order chi connectivity index (χ0) is 37.0. The van der Waals surface area contributed by atoms with Crippen LogP contribution in [0.25, 0.3) is 16.5 Å². The Labute approximate surface area is 320 Å². The molecule has 1 aliphatic rings. The van der Waals surface area contributed by atoms with Gasteiger partial charge in [-0.25, -0.2) is 0 Å². The predicted octanol–water partition coefficient (Wildman–Crippen LogP) is 10.3. The lowest BCUT2D eigenvalue weighted by molar-refractivity contribution is -0.132. The molecule has 1 saturated heterocycles. The number of fused-ring (bicyclic) bond motifs is 1. The third-order valence-corrected chi connectivity index (χ3v) is 11.2. The molecule has 1 fully saturated rings. The molecule has 1 amide bonds. The predicted molar refractivity (Wildman–Crippen MR) is 213 cm³/mol. The maximum Gasteiger partial charge on any atom is 0.301 e. The van der Waals surface area contributed by atoms with Crippen molar-refractivity contribution in [3.63, 3.8) is 0 Å². The van der Waals surface area contributed by atoms with E-state index in [-0.39, 0.29) is 16.5 Å². The van der Waals surface area contributed by atoms with Gasteiger partial charge in [-0.15, -0.1) is 10.2 Å². The van der Waals surface area contributed by atoms with Crippen molar-refractivity contribution in [3.05, 3.63) is 179 Å². The number of amides is 1. The van der Waals surface area contributed by atoms with Crippen molar-refractivity contribution >= 4 is 56.5 Å². The number of ether oxygens (including phenoxy) is 2. The van der Waals surface area contributed by atoms with E-state index in [9.17, 15) is 14.7 Å². The summed E-state index contributed by atoms with van der Waals surface area (Å²) < 4.78 is 12.8. The van der Waals surface area contributed by atoms with Crippen LogP contribution in [0.3, 0.4) is 0 Å². The Hall–Kier alpha value is -6.23. The average molecular weight is 748 g/mol. The second kappa shape index (κ2) is 15.4. The third-order valence-electron chi connectivity index (χ3n) is 9.05. The molecule has 0 bridgehead atoms. The topological polar surface area (TPSA) is 102 Å². The lowest BCUT2D eigenvalue weighted by Crippen LogP contribution is -2.29. The second-order valence-electron chi connectivity index (χ2n) is 12.7. The number of hydrogen-bond acceptors (Lipinski definition) is 9. The molecular weight excluding hydrogens is 715 g/mol. The first-order chi connectivity index (χ1) is 26.4. The summed E-state index contributed by atoms with van der Waals surface area (Å²) in [6, 6.07) is 44.8. The molecular formula is C44H33N3O5S2. The molecule has 6 aromatic carbocycles. The average Bonchev–Trinajstić information content (AvgIpc) is 3.78. The third kappa shape index (κ3) is 7.34. The van der Waals surface area contributed by atoms with E-state index in [1.54, 1.807) is 48.5 Å². The van der Waals surface area contributed by atoms with E-state index in [0.717, 1.165) is 27.5 Å². The highest BCUT2D eigenvalue weighted by atomic mass is 32.2. The highest BCUT2D eigenvalue weighted by molar-refractivity contribution is 8.00. The number of carbonyl (C=O) groups is 2. The standard InChI is InChI=1S/C44H33N3O5S2/c1-28-10-7-11-29(24-28)26-51-34-22-20-31(21-23-34)40(48)38-39(32-14-9-18-36(25-32)52-35-16-3-2-4-17-35)47(42(50)41(38)49)43-45-46-44(54-43)53-27-33-15-8-13-30-12-5-6-19-37(30)33/h2-25,39,48H,26-27H2,1H3. The number of aryl methyl sites for hydroxylation is 1. The minimum atomic E-state index is -1.01. The maximum absolute atomic E-state index is 14.0. The number of thioether (sulfide) groups is 1. The molecule has 1 N–H and O–H groups in total. The minimum absolute atomic E-state index is 0.0644. The van der Waals surface area contributed by atoms with Crippen LogP contribution in [-0.2, 0) is 21.9 Å². The first-order valence-electron chi connectivity index (χ1n) is 17.3. The van der Waals surface area contributed by atoms with Crippen molar-refractivity contribution in [3.8, 4) is 17.2 Å². The fourth-order valence-corrected chi connectivity index (χ4v) is 8.34. The summed E-state index contributed by atoms with van der Waals surface area (Å²) >= 11 is 2.73. The Morgan fingerprint density at radius 3 is 2.35 bits per heavy atom. The van der Waals surface area contributed by atoms with Gasteiger partial charge in [0.25, 0.3) is 5.78 Å². The minimum Gasteiger partial charge on any atom is -0.507 e. The van der Waals surface area contributed by atoms with Crippen molar-refractivity contribution in [2.45, 2.75) is 29.7 Å². The maximum atomic E-state index is 14.0. The summed E-state index contributed by atoms with van der Waals surface area (Å²) in [5.74, 6) is 0.423. The zero-order valence-electron chi connectivity index (χ0n) is 29.1. The summed E-state index contributed by atoms with van der Waals surface area (Å²) in [6.45, 7) is 2.41. The van der Waals surface area contributed by atoms with E-state index in [2.05, 4.69) is 40.5 Å². The van der Waals surface area contributed by atoms with E-state index in [1.807, 2.05) is 73.7 Å². The summed E-state index contributed by atoms with van der Waals surface area (Å²) in [5.41, 5.74) is 4.18. The van der Waals surface area contributed by atoms with Gasteiger partial charge in [-0.3, -0.25) is 14.5 Å². The van der Waals surface area contributed by atoms with Crippen LogP contribution in [0.1, 0.15) is 33.9 Å². The number of carbonyl (C=O) groups excluding carboxylic acids is 2. The molecule has 8 nitrogen and oxygen atoms in total. The fourth-order valence-electron chi connectivity index (χ4n) is 6.47. The van der Waals surface area contributed by atoms with Gasteiger partial charge in [-0.2, -0.15) is 0 Å². The van der Waals surface area contributed by atoms with Crippen LogP contribution in [0, 0.1) is 6.92 Å². The van der Waals surface area contributed by atoms with Crippen molar-refractivity contribution in [1.82, 2.24) is 10.2 Å². The molecule has 0 spiro atoms. The lowest BCUT2D eigenvalue weighted by Gasteiger charge is -2.23. The fraction of sp³-hybridized carbons (Fsp3) is 0.0909. The molecule has 0 saturated carbocycles. The first-order valence-corrected chi connectivity index (χ1v) is 19.1. The second-order valence-corrected chi connectivity index (χ2v) is 14.9. The number of aliphatic hydroxyl groups excluding tert-OH is 1. The Morgan fingerprint density at radius 1 is 0.778 bits per heavy atom. The Morgan fingerprint density at radius 2 is 1.52 bits per heavy atom. The molecule has 0 aliphatic carbocycles. The summed E-state index contributed by atoms with van der Waals surface area (Å²) in [6.07, 6.45) is 0. The number of rotatable bonds is 11. The summed E-state index contributed by atoms with van der Waals surface area (Å²) in [5, 5.41) is 23.2. The van der Waals surface area contributed by atoms with Gasteiger partial charge in [0.05, 0.1) is 11.6 Å². The summed E-state index contributed by atoms with van der Waals surface area (Å²) in [4.78, 5) is 29.2. The van der Waals surface area contributed by atoms with Gasteiger partial charge < -0.3 is 14.6 Å². The number of aromatic nitrogens is 2. The smallest absolute Gasteiger partial charge is 0.301 e. The first kappa shape index (κ1) is 34.8. The van der Waals surface area contributed by atoms with Crippen molar-refractivity contribution in [2.75, 3.05) is 4.90 Å². The number of ketones is 1. The Kier molecular flexibility index (Phi) is 9.93. The van der Waals surface area contributed by atoms with Gasteiger partial charge in [0.2, 0.25) is 5.13 Å². The van der Waals surface area contributed by atoms with Crippen molar-refractivity contribution in [2.24, 2.45) is 0 Å². The number of aliphatic hydroxyl groups is 1. The molecule has 1 atom stereocenters. The van der Waals surface area contributed by atoms with Crippen LogP contribution in [0.15, 0.2) is 156 Å². The van der Waals surface area contributed by atoms with E-state index in [1.165, 1.54) is 28.0 Å². The van der Waals surface area contributed by atoms with Gasteiger partial charge in [0, 0.05) is 11.3 Å². The van der Waals surface area contributed by atoms with Gasteiger partial charge in [0.15, 0.2) is 4.34 Å². The molecule has 266 valence electrons. The molecule has 2 heterocycles. The van der Waals surface area contributed by atoms with Crippen molar-refractivity contribution < 1.29 is 24.2 Å². The zero-order valence-corrected chi connectivity index (χ0v) is 30.7. The van der Waals surface area contributed by atoms with E-state index in [0.29, 0.717) is 45.1 Å². The van der Waals surface area contributed by atoms with Gasteiger partial charge in [-0.05, 0) is 82.9 Å². The van der Waals surface area contributed by atoms with Crippen LogP contribution >= 0.6 is 23.1 Å². The van der Waals surface area contributed by atoms with Crippen LogP contribution in [0.5, 0.6) is 17.2 Å². The van der Waals surface area contributed by atoms with Crippen LogP contribution < -0.4 is 14.4 Å². The molecule has 1 aromatic heterocycles. The molecule has 8 rings (SSSR count). The summed E-state index contributed by atoms with van der Waals surface area (Å²) in [7, 11) is 0. The van der Waals surface area contributed by atoms with Gasteiger partial charge in [0.1, 0.15) is 29.6 Å². The van der Waals surface area contributed by atoms with Gasteiger partial charge in [-0.1, -0.05) is 126 Å². The quantitative estimate of drug-likeness (QED) is 0.0459. The lowest BCUT2D eigenvalue weighted by atomic mass is 9.95. The van der Waals surface area contributed by atoms with E-state index >= 15 is 0 Å². The number of anilines is 1. The van der Waals surface area contributed by atoms with E-state index in [4.69, 9.17) is 9.47 Å². The molecule has 54 heavy (non-hydrogen) atoms. The molecule has 1 unspecified atom stereocenters. The Bertz CT molecular complexity index is 2510. The Balaban J connectivity index is 1.12. The number of nitrogens with zero attached hydrogens (tertiary/aromatic N) is 3. The molecule has 0 radical (unpaired) electrons. The van der Waals surface area contributed by atoms with Crippen molar-refractivity contribution in [1.29, 1.82) is 0 Å². The molecule has 7 aromatic rings.